The Hall–Kier alpha value is -4.05. The second kappa shape index (κ2) is 9.84. The molecule has 0 aliphatic carbocycles. The van der Waals surface area contributed by atoms with Crippen LogP contribution < -0.4 is 21.9 Å². The van der Waals surface area contributed by atoms with Gasteiger partial charge in [0.05, 0.1) is 4.92 Å². The monoisotopic (exact) mass is 437 g/mol. The van der Waals surface area contributed by atoms with Crippen molar-refractivity contribution in [2.75, 3.05) is 18.4 Å². The number of nitrogens with one attached hydrogen (secondary N) is 2. The molecule has 0 spiro atoms. The van der Waals surface area contributed by atoms with E-state index in [1.54, 1.807) is 43.4 Å². The Labute approximate surface area is 183 Å². The van der Waals surface area contributed by atoms with Crippen LogP contribution in [0.15, 0.2) is 64.2 Å². The molecule has 166 valence electrons. The highest BCUT2D eigenvalue weighted by Gasteiger charge is 2.18. The zero-order valence-corrected chi connectivity index (χ0v) is 17.7. The summed E-state index contributed by atoms with van der Waals surface area (Å²) in [6, 6.07) is 14.2. The first-order chi connectivity index (χ1) is 15.3. The van der Waals surface area contributed by atoms with E-state index in [4.69, 9.17) is 0 Å². The number of nitro benzene ring substituents is 1. The van der Waals surface area contributed by atoms with Crippen LogP contribution in [0.2, 0.25) is 0 Å². The minimum atomic E-state index is -0.530. The summed E-state index contributed by atoms with van der Waals surface area (Å²) in [5.74, 6) is 0.106. The van der Waals surface area contributed by atoms with Crippen LogP contribution in [-0.2, 0) is 20.6 Å². The van der Waals surface area contributed by atoms with Gasteiger partial charge in [0, 0.05) is 63.1 Å². The Balaban J connectivity index is 1.69. The lowest BCUT2D eigenvalue weighted by Gasteiger charge is -2.13. The van der Waals surface area contributed by atoms with Crippen LogP contribution in [0.5, 0.6) is 0 Å². The van der Waals surface area contributed by atoms with E-state index in [2.05, 4.69) is 10.6 Å². The third-order valence-corrected chi connectivity index (χ3v) is 5.03. The first-order valence-corrected chi connectivity index (χ1v) is 9.88. The van der Waals surface area contributed by atoms with Gasteiger partial charge in [0.1, 0.15) is 5.82 Å². The van der Waals surface area contributed by atoms with E-state index in [1.165, 1.54) is 29.8 Å². The molecule has 0 radical (unpaired) electrons. The number of non-ortho nitro benzene ring substituents is 1. The number of nitro groups is 1. The van der Waals surface area contributed by atoms with E-state index < -0.39 is 16.2 Å². The van der Waals surface area contributed by atoms with Crippen LogP contribution >= 0.6 is 0 Å². The van der Waals surface area contributed by atoms with Gasteiger partial charge >= 0.3 is 5.69 Å². The molecular formula is C22H23N5O5. The number of benzene rings is 2. The summed E-state index contributed by atoms with van der Waals surface area (Å²) in [5.41, 5.74) is 0.357. The van der Waals surface area contributed by atoms with Crippen molar-refractivity contribution < 1.29 is 9.72 Å². The topological polar surface area (TPSA) is 128 Å². The van der Waals surface area contributed by atoms with E-state index in [0.29, 0.717) is 36.6 Å². The number of nitrogens with zero attached hydrogens (tertiary/aromatic N) is 3. The summed E-state index contributed by atoms with van der Waals surface area (Å²) in [4.78, 5) is 47.3. The molecule has 1 aromatic heterocycles. The summed E-state index contributed by atoms with van der Waals surface area (Å²) < 4.78 is 2.36. The molecule has 2 N–H and O–H groups in total. The lowest BCUT2D eigenvalue weighted by Crippen LogP contribution is -2.38. The average Bonchev–Trinajstić information content (AvgIpc) is 2.80. The van der Waals surface area contributed by atoms with Crippen molar-refractivity contribution in [3.05, 3.63) is 102 Å². The Bertz CT molecular complexity index is 1260. The number of carbonyl (C=O) groups excluding carboxylic acids is 1. The first kappa shape index (κ1) is 22.6. The number of carbonyl (C=O) groups is 1. The smallest absolute Gasteiger partial charge is 0.332 e. The van der Waals surface area contributed by atoms with Gasteiger partial charge in [-0.3, -0.25) is 28.8 Å². The summed E-state index contributed by atoms with van der Waals surface area (Å²) in [5, 5.41) is 17.4. The normalized spacial score (nSPS) is 10.7. The Morgan fingerprint density at radius 3 is 2.41 bits per heavy atom. The van der Waals surface area contributed by atoms with Gasteiger partial charge in [0.15, 0.2) is 5.78 Å². The number of ketones is 1. The SMILES string of the molecule is Cn1c(NCCNCc2ccc([N+](=O)[O-])cc2C(=O)c2ccccc2)cc(=O)n(C)c1=O. The summed E-state index contributed by atoms with van der Waals surface area (Å²) in [7, 11) is 2.98. The van der Waals surface area contributed by atoms with Crippen molar-refractivity contribution in [2.45, 2.75) is 6.54 Å². The largest absolute Gasteiger partial charge is 0.370 e. The maximum atomic E-state index is 12.9. The fraction of sp³-hybridized carbons (Fsp3) is 0.227. The number of anilines is 1. The molecule has 0 bridgehead atoms. The summed E-state index contributed by atoms with van der Waals surface area (Å²) in [6.45, 7) is 1.18. The maximum absolute atomic E-state index is 12.9. The average molecular weight is 437 g/mol. The second-order valence-corrected chi connectivity index (χ2v) is 7.17. The van der Waals surface area contributed by atoms with Crippen LogP contribution in [-0.4, -0.2) is 32.9 Å². The molecule has 0 aliphatic rings. The molecule has 0 fully saturated rings. The Kier molecular flexibility index (Phi) is 6.96. The van der Waals surface area contributed by atoms with Gasteiger partial charge in [-0.05, 0) is 5.56 Å². The molecule has 1 heterocycles. The molecule has 32 heavy (non-hydrogen) atoms. The lowest BCUT2D eigenvalue weighted by molar-refractivity contribution is -0.384. The number of aromatic nitrogens is 2. The van der Waals surface area contributed by atoms with Crippen molar-refractivity contribution in [1.29, 1.82) is 0 Å². The quantitative estimate of drug-likeness (QED) is 0.224. The van der Waals surface area contributed by atoms with Crippen LogP contribution in [0, 0.1) is 10.1 Å². The van der Waals surface area contributed by atoms with Crippen molar-refractivity contribution >= 4 is 17.3 Å². The van der Waals surface area contributed by atoms with Gasteiger partial charge < -0.3 is 10.6 Å². The van der Waals surface area contributed by atoms with E-state index in [1.807, 2.05) is 0 Å². The molecule has 0 saturated heterocycles. The molecule has 10 heteroatoms. The van der Waals surface area contributed by atoms with Crippen LogP contribution in [0.1, 0.15) is 21.5 Å². The molecule has 2 aromatic carbocycles. The van der Waals surface area contributed by atoms with Gasteiger partial charge in [0.2, 0.25) is 0 Å². The van der Waals surface area contributed by atoms with Gasteiger partial charge in [0.25, 0.3) is 11.2 Å². The summed E-state index contributed by atoms with van der Waals surface area (Å²) >= 11 is 0. The minimum absolute atomic E-state index is 0.152. The van der Waals surface area contributed by atoms with E-state index in [-0.39, 0.29) is 17.0 Å². The highest BCUT2D eigenvalue weighted by atomic mass is 16.6. The Morgan fingerprint density at radius 1 is 1.00 bits per heavy atom. The van der Waals surface area contributed by atoms with Gasteiger partial charge in [-0.2, -0.15) is 0 Å². The van der Waals surface area contributed by atoms with Crippen LogP contribution in [0.25, 0.3) is 0 Å². The van der Waals surface area contributed by atoms with Crippen molar-refractivity contribution in [3.8, 4) is 0 Å². The molecule has 0 unspecified atom stereocenters. The van der Waals surface area contributed by atoms with E-state index in [0.717, 1.165) is 4.57 Å². The number of rotatable bonds is 9. The zero-order valence-electron chi connectivity index (χ0n) is 17.7. The molecule has 10 nitrogen and oxygen atoms in total. The Morgan fingerprint density at radius 2 is 1.72 bits per heavy atom. The lowest BCUT2D eigenvalue weighted by atomic mass is 9.97. The first-order valence-electron chi connectivity index (χ1n) is 9.88. The minimum Gasteiger partial charge on any atom is -0.370 e. The summed E-state index contributed by atoms with van der Waals surface area (Å²) in [6.07, 6.45) is 0. The molecule has 0 atom stereocenters. The highest BCUT2D eigenvalue weighted by Crippen LogP contribution is 2.21. The molecular weight excluding hydrogens is 414 g/mol. The predicted molar refractivity (Wildman–Crippen MR) is 120 cm³/mol. The predicted octanol–water partition coefficient (Wildman–Crippen LogP) is 1.42. The standard InChI is InChI=1S/C22H23N5O5/c1-25-19(13-20(28)26(2)22(25)30)24-11-10-23-14-16-8-9-17(27(31)32)12-18(16)21(29)15-6-4-3-5-7-15/h3-9,12-13,23-24H,10-11,14H2,1-2H3. The van der Waals surface area contributed by atoms with Crippen molar-refractivity contribution in [3.63, 3.8) is 0 Å². The molecule has 3 rings (SSSR count). The maximum Gasteiger partial charge on any atom is 0.332 e. The van der Waals surface area contributed by atoms with Crippen LogP contribution in [0.4, 0.5) is 11.5 Å². The number of hydrogen-bond acceptors (Lipinski definition) is 7. The van der Waals surface area contributed by atoms with Gasteiger partial charge in [-0.1, -0.05) is 36.4 Å². The van der Waals surface area contributed by atoms with Gasteiger partial charge in [-0.25, -0.2) is 4.79 Å². The molecule has 3 aromatic rings. The van der Waals surface area contributed by atoms with Gasteiger partial charge in [-0.15, -0.1) is 0 Å². The molecule has 0 aliphatic heterocycles. The molecule has 0 saturated carbocycles. The van der Waals surface area contributed by atoms with Crippen molar-refractivity contribution in [1.82, 2.24) is 14.5 Å². The third kappa shape index (κ3) is 4.98. The molecule has 0 amide bonds. The van der Waals surface area contributed by atoms with E-state index in [9.17, 15) is 24.5 Å². The van der Waals surface area contributed by atoms with Crippen molar-refractivity contribution in [2.24, 2.45) is 14.1 Å². The number of hydrogen-bond donors (Lipinski definition) is 2. The highest BCUT2D eigenvalue weighted by molar-refractivity contribution is 6.10. The third-order valence-electron chi connectivity index (χ3n) is 5.03. The van der Waals surface area contributed by atoms with Crippen LogP contribution in [0.3, 0.4) is 0 Å². The fourth-order valence-electron chi connectivity index (χ4n) is 3.19. The zero-order chi connectivity index (χ0) is 23.3. The van der Waals surface area contributed by atoms with E-state index >= 15 is 0 Å². The fourth-order valence-corrected chi connectivity index (χ4v) is 3.19. The second-order valence-electron chi connectivity index (χ2n) is 7.17.